The van der Waals surface area contributed by atoms with E-state index in [4.69, 9.17) is 4.74 Å². The molecular formula is C21H22F2O6S. The zero-order chi connectivity index (χ0) is 21.5. The van der Waals surface area contributed by atoms with Crippen LogP contribution in [0.4, 0.5) is 8.78 Å². The molecule has 1 fully saturated rings. The fourth-order valence-corrected chi connectivity index (χ4v) is 5.50. The van der Waals surface area contributed by atoms with Crippen LogP contribution in [-0.2, 0) is 22.7 Å². The minimum atomic E-state index is -2.88. The van der Waals surface area contributed by atoms with Crippen molar-refractivity contribution in [1.82, 2.24) is 0 Å². The predicted octanol–water partition coefficient (Wildman–Crippen LogP) is 1.75. The third-order valence-corrected chi connectivity index (χ3v) is 7.16. The highest BCUT2D eigenvalue weighted by Crippen LogP contribution is 2.54. The molecule has 2 aliphatic heterocycles. The van der Waals surface area contributed by atoms with Crippen molar-refractivity contribution in [3.05, 3.63) is 64.7 Å². The lowest BCUT2D eigenvalue weighted by Crippen LogP contribution is -2.58. The number of hydrogen-bond donors (Lipinski definition) is 4. The Morgan fingerprint density at radius 1 is 1.07 bits per heavy atom. The van der Waals surface area contributed by atoms with Crippen molar-refractivity contribution in [2.45, 2.75) is 48.1 Å². The van der Waals surface area contributed by atoms with E-state index in [0.717, 1.165) is 28.5 Å². The molecule has 30 heavy (non-hydrogen) atoms. The molecule has 0 bridgehead atoms. The van der Waals surface area contributed by atoms with E-state index in [0.29, 0.717) is 12.0 Å². The normalized spacial score (nSPS) is 30.6. The molecule has 0 saturated carbocycles. The molecule has 5 atom stereocenters. The quantitative estimate of drug-likeness (QED) is 0.562. The minimum Gasteiger partial charge on any atom is -0.435 e. The summed E-state index contributed by atoms with van der Waals surface area (Å²) in [6.45, 7) is -3.01. The minimum absolute atomic E-state index is 0.0828. The van der Waals surface area contributed by atoms with Crippen LogP contribution in [0.1, 0.15) is 22.3 Å². The molecule has 0 radical (unpaired) electrons. The number of fused-ring (bicyclic) bond motifs is 2. The van der Waals surface area contributed by atoms with Gasteiger partial charge in [-0.25, -0.2) is 0 Å². The third-order valence-electron chi connectivity index (χ3n) is 5.50. The van der Waals surface area contributed by atoms with Crippen molar-refractivity contribution in [1.29, 1.82) is 0 Å². The van der Waals surface area contributed by atoms with Gasteiger partial charge in [-0.2, -0.15) is 8.78 Å². The summed E-state index contributed by atoms with van der Waals surface area (Å²) in [5.41, 5.74) is 3.32. The first-order valence-corrected chi connectivity index (χ1v) is 10.3. The van der Waals surface area contributed by atoms with E-state index in [1.54, 1.807) is 12.1 Å². The highest BCUT2D eigenvalue weighted by atomic mass is 32.2. The van der Waals surface area contributed by atoms with Crippen LogP contribution in [0.3, 0.4) is 0 Å². The molecule has 2 aromatic carbocycles. The number of aliphatic hydroxyl groups is 4. The molecule has 0 unspecified atom stereocenters. The van der Waals surface area contributed by atoms with E-state index in [1.807, 2.05) is 18.2 Å². The second kappa shape index (κ2) is 8.41. The van der Waals surface area contributed by atoms with Gasteiger partial charge in [0, 0.05) is 5.56 Å². The van der Waals surface area contributed by atoms with Gasteiger partial charge in [0.05, 0.1) is 24.6 Å². The maximum atomic E-state index is 12.3. The number of benzene rings is 2. The van der Waals surface area contributed by atoms with Crippen molar-refractivity contribution in [3.63, 3.8) is 0 Å². The molecular weight excluding hydrogens is 418 g/mol. The van der Waals surface area contributed by atoms with Gasteiger partial charge in [0.2, 0.25) is 0 Å². The second-order valence-electron chi connectivity index (χ2n) is 7.41. The van der Waals surface area contributed by atoms with Crippen LogP contribution < -0.4 is 4.74 Å². The molecule has 9 heteroatoms. The lowest BCUT2D eigenvalue weighted by atomic mass is 9.91. The molecule has 6 nitrogen and oxygen atoms in total. The Morgan fingerprint density at radius 3 is 2.43 bits per heavy atom. The summed E-state index contributed by atoms with van der Waals surface area (Å²) in [4.78, 5) is -1.29. The summed E-state index contributed by atoms with van der Waals surface area (Å²) in [7, 11) is 0. The Kier molecular flexibility index (Phi) is 6.02. The molecule has 1 spiro atoms. The van der Waals surface area contributed by atoms with Gasteiger partial charge in [-0.3, -0.25) is 0 Å². The SMILES string of the molecule is OC[C@H]1S[C@]2(OCc3ccc(Cc4ccc(OC(F)F)cc4)cc32)[C@H](O)[C@@H](O)[C@@H]1O. The molecule has 162 valence electrons. The summed E-state index contributed by atoms with van der Waals surface area (Å²) < 4.78 is 34.9. The Bertz CT molecular complexity index is 894. The van der Waals surface area contributed by atoms with Crippen molar-refractivity contribution in [3.8, 4) is 5.75 Å². The fraction of sp³-hybridized carbons (Fsp3) is 0.429. The van der Waals surface area contributed by atoms with Gasteiger partial charge in [0.1, 0.15) is 18.0 Å². The van der Waals surface area contributed by atoms with Gasteiger partial charge in [-0.05, 0) is 35.2 Å². The zero-order valence-corrected chi connectivity index (χ0v) is 16.6. The van der Waals surface area contributed by atoms with Crippen LogP contribution in [0.25, 0.3) is 0 Å². The fourth-order valence-electron chi connectivity index (χ4n) is 3.95. The molecule has 0 aliphatic carbocycles. The van der Waals surface area contributed by atoms with Crippen LogP contribution in [0, 0.1) is 0 Å². The molecule has 2 heterocycles. The summed E-state index contributed by atoms with van der Waals surface area (Å²) in [5.74, 6) is 0.0828. The molecule has 0 aromatic heterocycles. The first-order chi connectivity index (χ1) is 14.3. The van der Waals surface area contributed by atoms with Crippen LogP contribution in [-0.4, -0.2) is 57.2 Å². The van der Waals surface area contributed by atoms with Crippen LogP contribution >= 0.6 is 11.8 Å². The average Bonchev–Trinajstić information content (AvgIpc) is 3.09. The standard InChI is InChI=1S/C21H22F2O6S/c22-20(23)29-14-5-2-11(3-6-14)7-12-1-4-13-10-28-21(15(13)8-12)19(27)18(26)17(25)16(9-24)30-21/h1-6,8,16-20,24-27H,7,9-10H2/t16-,17-,18+,19-,21+/m1/s1. The third kappa shape index (κ3) is 3.81. The smallest absolute Gasteiger partial charge is 0.387 e. The van der Waals surface area contributed by atoms with Gasteiger partial charge in [0.15, 0.2) is 4.93 Å². The number of hydrogen-bond acceptors (Lipinski definition) is 7. The van der Waals surface area contributed by atoms with Gasteiger partial charge < -0.3 is 29.9 Å². The second-order valence-corrected chi connectivity index (χ2v) is 8.86. The van der Waals surface area contributed by atoms with E-state index in [-0.39, 0.29) is 19.0 Å². The van der Waals surface area contributed by atoms with Crippen LogP contribution in [0.15, 0.2) is 42.5 Å². The van der Waals surface area contributed by atoms with Crippen molar-refractivity contribution < 1.29 is 38.7 Å². The Hall–Kier alpha value is -1.75. The largest absolute Gasteiger partial charge is 0.435 e. The van der Waals surface area contributed by atoms with Gasteiger partial charge in [-0.1, -0.05) is 30.3 Å². The summed E-state index contributed by atoms with van der Waals surface area (Å²) >= 11 is 1.11. The summed E-state index contributed by atoms with van der Waals surface area (Å²) in [6, 6.07) is 12.0. The predicted molar refractivity (Wildman–Crippen MR) is 105 cm³/mol. The van der Waals surface area contributed by atoms with E-state index >= 15 is 0 Å². The summed E-state index contributed by atoms with van der Waals surface area (Å²) in [6.07, 6.45) is -3.60. The van der Waals surface area contributed by atoms with Gasteiger partial charge >= 0.3 is 6.61 Å². The average molecular weight is 440 g/mol. The van der Waals surface area contributed by atoms with E-state index in [1.165, 1.54) is 12.1 Å². The van der Waals surface area contributed by atoms with Gasteiger partial charge in [-0.15, -0.1) is 11.8 Å². The summed E-state index contributed by atoms with van der Waals surface area (Å²) in [5, 5.41) is 40.1. The molecule has 4 rings (SSSR count). The first-order valence-electron chi connectivity index (χ1n) is 9.47. The highest BCUT2D eigenvalue weighted by molar-refractivity contribution is 8.00. The van der Waals surface area contributed by atoms with E-state index < -0.39 is 35.1 Å². The molecule has 0 amide bonds. The Labute approximate surface area is 176 Å². The maximum absolute atomic E-state index is 12.3. The number of thioether (sulfide) groups is 1. The van der Waals surface area contributed by atoms with Crippen LogP contribution in [0.2, 0.25) is 0 Å². The topological polar surface area (TPSA) is 99.4 Å². The lowest BCUT2D eigenvalue weighted by molar-refractivity contribution is -0.147. The Morgan fingerprint density at radius 2 is 1.77 bits per heavy atom. The molecule has 4 N–H and O–H groups in total. The number of ether oxygens (including phenoxy) is 2. The number of rotatable bonds is 5. The van der Waals surface area contributed by atoms with Crippen molar-refractivity contribution in [2.24, 2.45) is 0 Å². The van der Waals surface area contributed by atoms with E-state index in [2.05, 4.69) is 4.74 Å². The molecule has 2 aromatic rings. The van der Waals surface area contributed by atoms with Crippen molar-refractivity contribution in [2.75, 3.05) is 6.61 Å². The highest BCUT2D eigenvalue weighted by Gasteiger charge is 2.57. The number of aliphatic hydroxyl groups excluding tert-OH is 4. The first kappa shape index (κ1) is 21.5. The van der Waals surface area contributed by atoms with Crippen molar-refractivity contribution >= 4 is 11.8 Å². The molecule has 1 saturated heterocycles. The lowest BCUT2D eigenvalue weighted by Gasteiger charge is -2.45. The monoisotopic (exact) mass is 440 g/mol. The van der Waals surface area contributed by atoms with Crippen LogP contribution in [0.5, 0.6) is 5.75 Å². The zero-order valence-electron chi connectivity index (χ0n) is 15.8. The number of alkyl halides is 2. The van der Waals surface area contributed by atoms with E-state index in [9.17, 15) is 29.2 Å². The van der Waals surface area contributed by atoms with Gasteiger partial charge in [0.25, 0.3) is 0 Å². The Balaban J connectivity index is 1.60. The molecule has 2 aliphatic rings. The maximum Gasteiger partial charge on any atom is 0.387 e. The number of halogens is 2.